The van der Waals surface area contributed by atoms with Gasteiger partial charge in [-0.05, 0) is 37.9 Å². The molecule has 1 saturated heterocycles. The number of nitrogens with zero attached hydrogens (tertiary/aromatic N) is 4. The molecule has 0 radical (unpaired) electrons. The Hall–Kier alpha value is -2.14. The van der Waals surface area contributed by atoms with E-state index in [0.29, 0.717) is 11.7 Å². The topological polar surface area (TPSA) is 41.4 Å². The summed E-state index contributed by atoms with van der Waals surface area (Å²) in [6, 6.07) is 12.8. The molecule has 1 aromatic carbocycles. The van der Waals surface area contributed by atoms with Crippen LogP contribution in [0.3, 0.4) is 0 Å². The maximum atomic E-state index is 12.7. The van der Waals surface area contributed by atoms with Gasteiger partial charge in [0.2, 0.25) is 0 Å². The zero-order chi connectivity index (χ0) is 16.9. The van der Waals surface area contributed by atoms with Crippen LogP contribution in [0.4, 0.5) is 0 Å². The Kier molecular flexibility index (Phi) is 5.30. The van der Waals surface area contributed by atoms with Crippen molar-refractivity contribution in [2.45, 2.75) is 25.3 Å². The van der Waals surface area contributed by atoms with E-state index in [1.165, 1.54) is 5.56 Å². The molecule has 0 spiro atoms. The van der Waals surface area contributed by atoms with E-state index in [-0.39, 0.29) is 5.91 Å². The van der Waals surface area contributed by atoms with Crippen molar-refractivity contribution >= 4 is 5.91 Å². The number of carbonyl (C=O) groups excluding carboxylic acids is 1. The molecule has 1 unspecified atom stereocenters. The minimum Gasteiger partial charge on any atom is -0.336 e. The molecule has 0 saturated carbocycles. The molecule has 3 rings (SSSR count). The Labute approximate surface area is 143 Å². The van der Waals surface area contributed by atoms with Crippen LogP contribution in [0.1, 0.15) is 28.9 Å². The number of aromatic nitrogens is 2. The van der Waals surface area contributed by atoms with Crippen LogP contribution in [-0.2, 0) is 13.5 Å². The average molecular weight is 326 g/mol. The zero-order valence-corrected chi connectivity index (χ0v) is 14.6. The van der Waals surface area contributed by atoms with Gasteiger partial charge >= 0.3 is 0 Å². The second-order valence-corrected chi connectivity index (χ2v) is 6.60. The number of hydrogen-bond donors (Lipinski definition) is 0. The first-order valence-electron chi connectivity index (χ1n) is 8.66. The van der Waals surface area contributed by atoms with Gasteiger partial charge in [0, 0.05) is 38.9 Å². The smallest absolute Gasteiger partial charge is 0.272 e. The van der Waals surface area contributed by atoms with Gasteiger partial charge < -0.3 is 9.80 Å². The first kappa shape index (κ1) is 16.7. The van der Waals surface area contributed by atoms with Gasteiger partial charge in [0.15, 0.2) is 0 Å². The van der Waals surface area contributed by atoms with Crippen LogP contribution < -0.4 is 0 Å². The van der Waals surface area contributed by atoms with Gasteiger partial charge in [0.25, 0.3) is 5.91 Å². The molecule has 1 atom stereocenters. The lowest BCUT2D eigenvalue weighted by atomic mass is 10.0. The van der Waals surface area contributed by atoms with Crippen LogP contribution in [0.15, 0.2) is 42.6 Å². The first-order chi connectivity index (χ1) is 11.6. The van der Waals surface area contributed by atoms with Crippen molar-refractivity contribution in [2.75, 3.05) is 26.7 Å². The molecule has 1 aliphatic rings. The van der Waals surface area contributed by atoms with Gasteiger partial charge in [-0.15, -0.1) is 0 Å². The van der Waals surface area contributed by atoms with Gasteiger partial charge in [-0.2, -0.15) is 5.10 Å². The zero-order valence-electron chi connectivity index (χ0n) is 14.6. The second-order valence-electron chi connectivity index (χ2n) is 6.60. The normalized spacial score (nSPS) is 18.1. The van der Waals surface area contributed by atoms with Crippen molar-refractivity contribution in [3.8, 4) is 0 Å². The van der Waals surface area contributed by atoms with Crippen molar-refractivity contribution in [1.29, 1.82) is 0 Å². The lowest BCUT2D eigenvalue weighted by Gasteiger charge is -2.37. The third-order valence-electron chi connectivity index (χ3n) is 4.94. The van der Waals surface area contributed by atoms with E-state index in [0.717, 1.165) is 38.9 Å². The summed E-state index contributed by atoms with van der Waals surface area (Å²) in [5, 5.41) is 4.11. The van der Waals surface area contributed by atoms with E-state index in [1.807, 2.05) is 11.9 Å². The van der Waals surface area contributed by atoms with Crippen molar-refractivity contribution in [3.63, 3.8) is 0 Å². The molecule has 0 N–H and O–H groups in total. The van der Waals surface area contributed by atoms with Crippen LogP contribution in [-0.4, -0.2) is 58.2 Å². The highest BCUT2D eigenvalue weighted by Gasteiger charge is 2.27. The number of piperidine rings is 1. The molecular formula is C19H26N4O. The first-order valence-corrected chi connectivity index (χ1v) is 8.66. The van der Waals surface area contributed by atoms with E-state index in [1.54, 1.807) is 16.9 Å². The van der Waals surface area contributed by atoms with Crippen molar-refractivity contribution < 1.29 is 4.79 Å². The number of amides is 1. The van der Waals surface area contributed by atoms with Gasteiger partial charge in [0.1, 0.15) is 5.69 Å². The number of hydrogen-bond acceptors (Lipinski definition) is 3. The monoisotopic (exact) mass is 326 g/mol. The van der Waals surface area contributed by atoms with Crippen molar-refractivity contribution in [1.82, 2.24) is 19.6 Å². The molecule has 24 heavy (non-hydrogen) atoms. The fourth-order valence-corrected chi connectivity index (χ4v) is 3.38. The fraction of sp³-hybridized carbons (Fsp3) is 0.474. The van der Waals surface area contributed by atoms with Crippen LogP contribution in [0.2, 0.25) is 0 Å². The molecule has 1 fully saturated rings. The van der Waals surface area contributed by atoms with Gasteiger partial charge in [-0.25, -0.2) is 0 Å². The van der Waals surface area contributed by atoms with Crippen LogP contribution in [0.25, 0.3) is 0 Å². The Morgan fingerprint density at radius 2 is 2.08 bits per heavy atom. The quantitative estimate of drug-likeness (QED) is 0.846. The Balaban J connectivity index is 1.56. The molecule has 0 bridgehead atoms. The summed E-state index contributed by atoms with van der Waals surface area (Å²) in [4.78, 5) is 17.1. The summed E-state index contributed by atoms with van der Waals surface area (Å²) in [6.07, 6.45) is 4.94. The minimum atomic E-state index is 0.0937. The van der Waals surface area contributed by atoms with Crippen LogP contribution in [0.5, 0.6) is 0 Å². The lowest BCUT2D eigenvalue weighted by Crippen LogP contribution is -2.49. The Morgan fingerprint density at radius 1 is 1.29 bits per heavy atom. The second kappa shape index (κ2) is 7.62. The molecule has 1 aliphatic heterocycles. The van der Waals surface area contributed by atoms with Crippen LogP contribution >= 0.6 is 0 Å². The van der Waals surface area contributed by atoms with Crippen molar-refractivity contribution in [3.05, 3.63) is 53.9 Å². The molecule has 1 aromatic heterocycles. The van der Waals surface area contributed by atoms with Crippen molar-refractivity contribution in [2.24, 2.45) is 7.05 Å². The number of rotatable bonds is 5. The third kappa shape index (κ3) is 3.85. The predicted molar refractivity (Wildman–Crippen MR) is 94.9 cm³/mol. The molecule has 5 heteroatoms. The van der Waals surface area contributed by atoms with Gasteiger partial charge in [0.05, 0.1) is 0 Å². The molecule has 5 nitrogen and oxygen atoms in total. The van der Waals surface area contributed by atoms with E-state index < -0.39 is 0 Å². The summed E-state index contributed by atoms with van der Waals surface area (Å²) in [7, 11) is 3.99. The molecule has 2 aromatic rings. The molecule has 0 aliphatic carbocycles. The van der Waals surface area contributed by atoms with E-state index in [2.05, 4.69) is 47.4 Å². The molecule has 1 amide bonds. The Bertz CT molecular complexity index is 667. The molecule has 2 heterocycles. The Morgan fingerprint density at radius 3 is 2.79 bits per heavy atom. The lowest BCUT2D eigenvalue weighted by molar-refractivity contribution is 0.0601. The maximum absolute atomic E-state index is 12.7. The van der Waals surface area contributed by atoms with Gasteiger partial charge in [-0.1, -0.05) is 30.3 Å². The highest BCUT2D eigenvalue weighted by Crippen LogP contribution is 2.17. The third-order valence-corrected chi connectivity index (χ3v) is 4.94. The highest BCUT2D eigenvalue weighted by molar-refractivity contribution is 5.92. The number of aryl methyl sites for hydroxylation is 1. The van der Waals surface area contributed by atoms with E-state index in [9.17, 15) is 4.79 Å². The highest BCUT2D eigenvalue weighted by atomic mass is 16.2. The molecular weight excluding hydrogens is 300 g/mol. The number of likely N-dealkylation sites (N-methyl/N-ethyl adjacent to an activating group) is 1. The largest absolute Gasteiger partial charge is 0.336 e. The van der Waals surface area contributed by atoms with E-state index >= 15 is 0 Å². The summed E-state index contributed by atoms with van der Waals surface area (Å²) in [5.41, 5.74) is 2.03. The van der Waals surface area contributed by atoms with E-state index in [4.69, 9.17) is 0 Å². The summed E-state index contributed by atoms with van der Waals surface area (Å²) in [5.74, 6) is 0.0937. The summed E-state index contributed by atoms with van der Waals surface area (Å²) >= 11 is 0. The predicted octanol–water partition coefficient (Wildman–Crippen LogP) is 2.20. The standard InChI is InChI=1S/C19H26N4O/c1-21(14-11-16-7-4-3-5-8-16)17-9-6-13-23(15-17)19(24)18-10-12-20-22(18)2/h3-5,7-8,10,12,17H,6,9,11,13-15H2,1-2H3. The molecule has 128 valence electrons. The van der Waals surface area contributed by atoms with Crippen LogP contribution in [0, 0.1) is 0 Å². The minimum absolute atomic E-state index is 0.0937. The number of likely N-dealkylation sites (tertiary alicyclic amines) is 1. The average Bonchev–Trinajstić information content (AvgIpc) is 3.06. The summed E-state index contributed by atoms with van der Waals surface area (Å²) < 4.78 is 1.66. The number of benzene rings is 1. The number of carbonyl (C=O) groups is 1. The summed E-state index contributed by atoms with van der Waals surface area (Å²) in [6.45, 7) is 2.66. The van der Waals surface area contributed by atoms with Gasteiger partial charge in [-0.3, -0.25) is 9.48 Å². The maximum Gasteiger partial charge on any atom is 0.272 e. The fourth-order valence-electron chi connectivity index (χ4n) is 3.38. The SMILES string of the molecule is CN(CCc1ccccc1)C1CCCN(C(=O)c2ccnn2C)C1.